The normalized spacial score (nSPS) is 10.8. The largest absolute Gasteiger partial charge is 0.383 e. The molecule has 19 heavy (non-hydrogen) atoms. The monoisotopic (exact) mass is 273 g/mol. The van der Waals surface area contributed by atoms with Crippen molar-refractivity contribution < 1.29 is 4.39 Å². The van der Waals surface area contributed by atoms with Gasteiger partial charge in [0.1, 0.15) is 11.6 Å². The number of nitrogens with two attached hydrogens (primary N) is 1. The van der Waals surface area contributed by atoms with Gasteiger partial charge in [-0.05, 0) is 24.3 Å². The summed E-state index contributed by atoms with van der Waals surface area (Å²) < 4.78 is 13.7. The molecule has 0 aliphatic heterocycles. The van der Waals surface area contributed by atoms with Crippen molar-refractivity contribution in [3.63, 3.8) is 0 Å². The summed E-state index contributed by atoms with van der Waals surface area (Å²) in [5.74, 6) is 0.129. The maximum atomic E-state index is 13.7. The fourth-order valence-electron chi connectivity index (χ4n) is 1.93. The van der Waals surface area contributed by atoms with E-state index in [1.54, 1.807) is 30.3 Å². The molecule has 0 aliphatic rings. The number of aromatic nitrogens is 2. The highest BCUT2D eigenvalue weighted by Crippen LogP contribution is 2.26. The van der Waals surface area contributed by atoms with Gasteiger partial charge in [-0.25, -0.2) is 14.4 Å². The van der Waals surface area contributed by atoms with Crippen molar-refractivity contribution >= 4 is 28.3 Å². The van der Waals surface area contributed by atoms with Gasteiger partial charge in [-0.2, -0.15) is 0 Å². The van der Waals surface area contributed by atoms with Crippen LogP contribution in [-0.4, -0.2) is 9.97 Å². The molecule has 94 valence electrons. The van der Waals surface area contributed by atoms with Crippen LogP contribution in [-0.2, 0) is 0 Å². The van der Waals surface area contributed by atoms with E-state index in [1.165, 1.54) is 6.07 Å². The summed E-state index contributed by atoms with van der Waals surface area (Å²) >= 11 is 5.93. The van der Waals surface area contributed by atoms with Gasteiger partial charge in [0.15, 0.2) is 5.82 Å². The number of rotatable bonds is 1. The predicted molar refractivity (Wildman–Crippen MR) is 74.4 cm³/mol. The average molecular weight is 274 g/mol. The number of nitrogens with zero attached hydrogens (tertiary/aromatic N) is 2. The first-order valence-electron chi connectivity index (χ1n) is 5.63. The van der Waals surface area contributed by atoms with Crippen LogP contribution in [0.4, 0.5) is 10.2 Å². The van der Waals surface area contributed by atoms with E-state index >= 15 is 0 Å². The van der Waals surface area contributed by atoms with Crippen LogP contribution in [0.2, 0.25) is 5.02 Å². The fraction of sp³-hybridized carbons (Fsp3) is 0. The first-order chi connectivity index (χ1) is 9.15. The van der Waals surface area contributed by atoms with Crippen LogP contribution in [0.5, 0.6) is 0 Å². The van der Waals surface area contributed by atoms with E-state index in [0.717, 1.165) is 5.56 Å². The second kappa shape index (κ2) is 4.48. The van der Waals surface area contributed by atoms with E-state index < -0.39 is 5.82 Å². The van der Waals surface area contributed by atoms with Gasteiger partial charge in [-0.3, -0.25) is 0 Å². The SMILES string of the molecule is Nc1nc(-c2cccc(Cl)c2)nc2cccc(F)c12. The molecular formula is C14H9ClFN3. The zero-order valence-electron chi connectivity index (χ0n) is 9.77. The minimum Gasteiger partial charge on any atom is -0.383 e. The highest BCUT2D eigenvalue weighted by molar-refractivity contribution is 6.30. The molecule has 0 spiro atoms. The third kappa shape index (κ3) is 2.11. The lowest BCUT2D eigenvalue weighted by atomic mass is 10.2. The van der Waals surface area contributed by atoms with Crippen LogP contribution in [0.15, 0.2) is 42.5 Å². The molecule has 3 nitrogen and oxygen atoms in total. The summed E-state index contributed by atoms with van der Waals surface area (Å²) in [5, 5.41) is 0.826. The smallest absolute Gasteiger partial charge is 0.162 e. The second-order valence-electron chi connectivity index (χ2n) is 4.08. The number of benzene rings is 2. The van der Waals surface area contributed by atoms with Crippen molar-refractivity contribution in [2.24, 2.45) is 0 Å². The topological polar surface area (TPSA) is 51.8 Å². The van der Waals surface area contributed by atoms with Crippen LogP contribution < -0.4 is 5.73 Å². The van der Waals surface area contributed by atoms with E-state index in [2.05, 4.69) is 9.97 Å². The second-order valence-corrected chi connectivity index (χ2v) is 4.51. The number of fused-ring (bicyclic) bond motifs is 1. The van der Waals surface area contributed by atoms with Gasteiger partial charge in [0.2, 0.25) is 0 Å². The van der Waals surface area contributed by atoms with Gasteiger partial charge < -0.3 is 5.73 Å². The Balaban J connectivity index is 2.27. The van der Waals surface area contributed by atoms with Gasteiger partial charge >= 0.3 is 0 Å². The summed E-state index contributed by atoms with van der Waals surface area (Å²) in [6, 6.07) is 11.7. The Morgan fingerprint density at radius 1 is 1.05 bits per heavy atom. The number of halogens is 2. The Kier molecular flexibility index (Phi) is 2.80. The van der Waals surface area contributed by atoms with E-state index in [1.807, 2.05) is 6.07 Å². The molecule has 5 heteroatoms. The van der Waals surface area contributed by atoms with Crippen LogP contribution in [0.25, 0.3) is 22.3 Å². The van der Waals surface area contributed by atoms with Gasteiger partial charge in [0.25, 0.3) is 0 Å². The predicted octanol–water partition coefficient (Wildman–Crippen LogP) is 3.67. The van der Waals surface area contributed by atoms with Crippen molar-refractivity contribution in [1.82, 2.24) is 9.97 Å². The van der Waals surface area contributed by atoms with E-state index in [9.17, 15) is 4.39 Å². The highest BCUT2D eigenvalue weighted by Gasteiger charge is 2.10. The number of nitrogen functional groups attached to an aromatic ring is 1. The number of anilines is 1. The summed E-state index contributed by atoms with van der Waals surface area (Å²) in [4.78, 5) is 8.46. The van der Waals surface area contributed by atoms with Crippen LogP contribution >= 0.6 is 11.6 Å². The van der Waals surface area contributed by atoms with Gasteiger partial charge in [-0.15, -0.1) is 0 Å². The van der Waals surface area contributed by atoms with Crippen molar-refractivity contribution in [2.45, 2.75) is 0 Å². The van der Waals surface area contributed by atoms with E-state index in [4.69, 9.17) is 17.3 Å². The molecule has 0 amide bonds. The highest BCUT2D eigenvalue weighted by atomic mass is 35.5. The van der Waals surface area contributed by atoms with Crippen molar-refractivity contribution in [3.8, 4) is 11.4 Å². The molecule has 0 unspecified atom stereocenters. The molecule has 0 aliphatic carbocycles. The van der Waals surface area contributed by atoms with Crippen molar-refractivity contribution in [2.75, 3.05) is 5.73 Å². The molecule has 0 radical (unpaired) electrons. The lowest BCUT2D eigenvalue weighted by Crippen LogP contribution is -1.99. The fourth-order valence-corrected chi connectivity index (χ4v) is 2.12. The summed E-state index contributed by atoms with van der Waals surface area (Å²) in [6.45, 7) is 0. The molecule has 1 heterocycles. The quantitative estimate of drug-likeness (QED) is 0.736. The average Bonchev–Trinajstić information content (AvgIpc) is 2.38. The van der Waals surface area contributed by atoms with Crippen molar-refractivity contribution in [1.29, 1.82) is 0 Å². The molecule has 0 bridgehead atoms. The molecule has 1 aromatic heterocycles. The molecule has 0 atom stereocenters. The molecule has 2 N–H and O–H groups in total. The lowest BCUT2D eigenvalue weighted by molar-refractivity contribution is 0.639. The van der Waals surface area contributed by atoms with E-state index in [0.29, 0.717) is 16.4 Å². The molecule has 2 aromatic carbocycles. The molecule has 0 saturated heterocycles. The summed E-state index contributed by atoms with van der Waals surface area (Å²) in [5.41, 5.74) is 7.02. The Morgan fingerprint density at radius 3 is 2.63 bits per heavy atom. The Bertz CT molecular complexity index is 774. The van der Waals surface area contributed by atoms with Gasteiger partial charge in [0.05, 0.1) is 10.9 Å². The van der Waals surface area contributed by atoms with Crippen LogP contribution in [0.1, 0.15) is 0 Å². The minimum absolute atomic E-state index is 0.123. The molecule has 0 saturated carbocycles. The molecular weight excluding hydrogens is 265 g/mol. The van der Waals surface area contributed by atoms with Crippen molar-refractivity contribution in [3.05, 3.63) is 53.3 Å². The zero-order chi connectivity index (χ0) is 13.4. The molecule has 0 fully saturated rings. The maximum Gasteiger partial charge on any atom is 0.162 e. The molecule has 3 aromatic rings. The first-order valence-corrected chi connectivity index (χ1v) is 6.00. The van der Waals surface area contributed by atoms with Gasteiger partial charge in [0, 0.05) is 10.6 Å². The third-order valence-electron chi connectivity index (χ3n) is 2.78. The third-order valence-corrected chi connectivity index (χ3v) is 3.02. The summed E-state index contributed by atoms with van der Waals surface area (Å²) in [7, 11) is 0. The standard InChI is InChI=1S/C14H9ClFN3/c15-9-4-1-3-8(7-9)14-18-11-6-2-5-10(16)12(11)13(17)19-14/h1-7H,(H2,17,18,19). The Hall–Kier alpha value is -2.20. The number of hydrogen-bond acceptors (Lipinski definition) is 3. The summed E-state index contributed by atoms with van der Waals surface area (Å²) in [6.07, 6.45) is 0. The zero-order valence-corrected chi connectivity index (χ0v) is 10.5. The number of hydrogen-bond donors (Lipinski definition) is 1. The minimum atomic E-state index is -0.423. The van der Waals surface area contributed by atoms with Gasteiger partial charge in [-0.1, -0.05) is 29.8 Å². The van der Waals surface area contributed by atoms with E-state index in [-0.39, 0.29) is 11.2 Å². The Labute approximate surface area is 113 Å². The Morgan fingerprint density at radius 2 is 1.84 bits per heavy atom. The van der Waals surface area contributed by atoms with Crippen LogP contribution in [0, 0.1) is 5.82 Å². The molecule has 3 rings (SSSR count). The first kappa shape index (κ1) is 11.9. The lowest BCUT2D eigenvalue weighted by Gasteiger charge is -2.06. The van der Waals surface area contributed by atoms with Crippen LogP contribution in [0.3, 0.4) is 0 Å². The maximum absolute atomic E-state index is 13.7.